The second-order valence-corrected chi connectivity index (χ2v) is 15.6. The maximum Gasteiger partial charge on any atom is 0.142 e. The zero-order chi connectivity index (χ0) is 38.9. The van der Waals surface area contributed by atoms with Gasteiger partial charge in [-0.25, -0.2) is 0 Å². The van der Waals surface area contributed by atoms with Crippen LogP contribution in [0.3, 0.4) is 0 Å². The summed E-state index contributed by atoms with van der Waals surface area (Å²) in [4.78, 5) is 2.39. The van der Waals surface area contributed by atoms with Crippen LogP contribution in [0.2, 0.25) is 0 Å². The standard InChI is InChI=1S/C57H37NO/c1-3-16-38(17-4-1)40-30-33-44(34-31-40)58(46-35-32-39-18-7-8-21-42(39)36-46)45-23-15-22-43(37-45)53-54-56(59-55(53)41-19-5-2-6-20-41)49-26-11-14-29-52(49)57(54)50-27-12-9-24-47(50)48-25-10-13-28-51(48)57/h1-37H. The first-order chi connectivity index (χ1) is 29.3. The lowest BCUT2D eigenvalue weighted by Gasteiger charge is -2.31. The van der Waals surface area contributed by atoms with Crippen molar-refractivity contribution in [2.45, 2.75) is 5.41 Å². The highest BCUT2D eigenvalue weighted by Gasteiger charge is 2.55. The average molecular weight is 752 g/mol. The van der Waals surface area contributed by atoms with Gasteiger partial charge >= 0.3 is 0 Å². The van der Waals surface area contributed by atoms with Gasteiger partial charge in [0.25, 0.3) is 0 Å². The summed E-state index contributed by atoms with van der Waals surface area (Å²) in [6.07, 6.45) is 0. The molecule has 1 aromatic heterocycles. The molecule has 12 rings (SSSR count). The van der Waals surface area contributed by atoms with E-state index >= 15 is 0 Å². The minimum absolute atomic E-state index is 0.563. The van der Waals surface area contributed by atoms with E-state index in [4.69, 9.17) is 4.42 Å². The van der Waals surface area contributed by atoms with Gasteiger partial charge in [-0.3, -0.25) is 0 Å². The van der Waals surface area contributed by atoms with E-state index in [-0.39, 0.29) is 0 Å². The Balaban J connectivity index is 1.12. The van der Waals surface area contributed by atoms with Crippen molar-refractivity contribution >= 4 is 27.8 Å². The summed E-state index contributed by atoms with van der Waals surface area (Å²) >= 11 is 0. The maximum atomic E-state index is 7.30. The van der Waals surface area contributed by atoms with Crippen molar-refractivity contribution in [1.29, 1.82) is 0 Å². The lowest BCUT2D eigenvalue weighted by molar-refractivity contribution is 0.596. The first-order valence-electron chi connectivity index (χ1n) is 20.3. The molecule has 0 fully saturated rings. The molecule has 0 aliphatic heterocycles. The van der Waals surface area contributed by atoms with Gasteiger partial charge in [0.15, 0.2) is 0 Å². The number of anilines is 3. The molecule has 2 aliphatic rings. The molecule has 0 amide bonds. The van der Waals surface area contributed by atoms with Crippen molar-refractivity contribution in [2.75, 3.05) is 4.90 Å². The normalized spacial score (nSPS) is 12.9. The summed E-state index contributed by atoms with van der Waals surface area (Å²) in [5, 5.41) is 2.41. The van der Waals surface area contributed by atoms with Crippen molar-refractivity contribution in [3.05, 3.63) is 247 Å². The molecule has 0 saturated carbocycles. The Kier molecular flexibility index (Phi) is 7.48. The van der Waals surface area contributed by atoms with Crippen LogP contribution in [-0.2, 0) is 5.41 Å². The van der Waals surface area contributed by atoms with E-state index in [0.717, 1.165) is 50.8 Å². The average Bonchev–Trinajstić information content (AvgIpc) is 3.94. The molecule has 0 saturated heterocycles. The summed E-state index contributed by atoms with van der Waals surface area (Å²) < 4.78 is 7.30. The number of rotatable bonds is 6. The molecule has 0 atom stereocenters. The Morgan fingerprint density at radius 1 is 0.322 bits per heavy atom. The van der Waals surface area contributed by atoms with Crippen LogP contribution in [0.4, 0.5) is 17.1 Å². The largest absolute Gasteiger partial charge is 0.455 e. The lowest BCUT2D eigenvalue weighted by Crippen LogP contribution is -2.26. The molecule has 0 N–H and O–H groups in total. The molecular formula is C57H37NO. The van der Waals surface area contributed by atoms with Crippen LogP contribution < -0.4 is 4.90 Å². The molecule has 1 heterocycles. The second-order valence-electron chi connectivity index (χ2n) is 15.6. The number of hydrogen-bond acceptors (Lipinski definition) is 2. The SMILES string of the molecule is c1ccc(-c2ccc(N(c3cccc(-c4c(-c5ccccc5)oc5c4C4(c6ccccc6-c6ccccc64)c4ccccc4-5)c3)c3ccc4ccccc4c3)cc2)cc1. The van der Waals surface area contributed by atoms with Gasteiger partial charge in [0.2, 0.25) is 0 Å². The van der Waals surface area contributed by atoms with Gasteiger partial charge in [0, 0.05) is 39.3 Å². The summed E-state index contributed by atoms with van der Waals surface area (Å²) in [6, 6.07) is 81.4. The highest BCUT2D eigenvalue weighted by molar-refractivity contribution is 6.01. The molecule has 0 bridgehead atoms. The van der Waals surface area contributed by atoms with Crippen LogP contribution in [-0.4, -0.2) is 0 Å². The Hall–Kier alpha value is -7.68. The number of fused-ring (bicyclic) bond motifs is 11. The number of furan rings is 1. The van der Waals surface area contributed by atoms with Gasteiger partial charge in [-0.1, -0.05) is 188 Å². The molecule has 1 spiro atoms. The highest BCUT2D eigenvalue weighted by atomic mass is 16.3. The van der Waals surface area contributed by atoms with E-state index < -0.39 is 5.41 Å². The molecule has 2 nitrogen and oxygen atoms in total. The lowest BCUT2D eigenvalue weighted by atomic mass is 9.69. The van der Waals surface area contributed by atoms with E-state index in [2.05, 4.69) is 229 Å². The zero-order valence-corrected chi connectivity index (χ0v) is 32.2. The molecule has 10 aromatic rings. The van der Waals surface area contributed by atoms with Crippen molar-refractivity contribution in [3.63, 3.8) is 0 Å². The van der Waals surface area contributed by atoms with Crippen molar-refractivity contribution in [3.8, 4) is 56.0 Å². The Morgan fingerprint density at radius 2 is 0.831 bits per heavy atom. The van der Waals surface area contributed by atoms with Gasteiger partial charge in [-0.2, -0.15) is 0 Å². The third-order valence-electron chi connectivity index (χ3n) is 12.5. The molecular weight excluding hydrogens is 715 g/mol. The maximum absolute atomic E-state index is 7.30. The van der Waals surface area contributed by atoms with Crippen LogP contribution in [0, 0.1) is 0 Å². The third kappa shape index (κ3) is 5.00. The number of hydrogen-bond donors (Lipinski definition) is 0. The Bertz CT molecular complexity index is 3170. The topological polar surface area (TPSA) is 16.4 Å². The summed E-state index contributed by atoms with van der Waals surface area (Å²) in [5.41, 5.74) is 17.1. The van der Waals surface area contributed by atoms with Crippen LogP contribution in [0.15, 0.2) is 229 Å². The van der Waals surface area contributed by atoms with E-state index in [1.54, 1.807) is 0 Å². The zero-order valence-electron chi connectivity index (χ0n) is 32.2. The molecule has 2 heteroatoms. The van der Waals surface area contributed by atoms with Crippen LogP contribution >= 0.6 is 0 Å². The summed E-state index contributed by atoms with van der Waals surface area (Å²) in [6.45, 7) is 0. The molecule has 0 radical (unpaired) electrons. The minimum Gasteiger partial charge on any atom is -0.455 e. The van der Waals surface area contributed by atoms with Gasteiger partial charge in [-0.15, -0.1) is 0 Å². The Labute approximate surface area is 343 Å². The van der Waals surface area contributed by atoms with Crippen LogP contribution in [0.25, 0.3) is 66.8 Å². The molecule has 276 valence electrons. The molecule has 59 heavy (non-hydrogen) atoms. The molecule has 0 unspecified atom stereocenters. The van der Waals surface area contributed by atoms with Crippen molar-refractivity contribution < 1.29 is 4.42 Å². The van der Waals surface area contributed by atoms with Crippen LogP contribution in [0.1, 0.15) is 22.3 Å². The van der Waals surface area contributed by atoms with Gasteiger partial charge < -0.3 is 9.32 Å². The van der Waals surface area contributed by atoms with Crippen molar-refractivity contribution in [2.24, 2.45) is 0 Å². The summed E-state index contributed by atoms with van der Waals surface area (Å²) in [5.74, 6) is 1.82. The van der Waals surface area contributed by atoms with E-state index in [0.29, 0.717) is 0 Å². The highest BCUT2D eigenvalue weighted by Crippen LogP contribution is 2.66. The summed E-state index contributed by atoms with van der Waals surface area (Å²) in [7, 11) is 0. The predicted octanol–water partition coefficient (Wildman–Crippen LogP) is 15.2. The first-order valence-corrected chi connectivity index (χ1v) is 20.3. The van der Waals surface area contributed by atoms with E-state index in [1.807, 2.05) is 0 Å². The predicted molar refractivity (Wildman–Crippen MR) is 244 cm³/mol. The molecule has 2 aliphatic carbocycles. The first kappa shape index (κ1) is 33.5. The fourth-order valence-corrected chi connectivity index (χ4v) is 9.98. The fraction of sp³-hybridized carbons (Fsp3) is 0.0175. The van der Waals surface area contributed by atoms with Crippen molar-refractivity contribution in [1.82, 2.24) is 0 Å². The van der Waals surface area contributed by atoms with Gasteiger partial charge in [0.05, 0.1) is 5.41 Å². The van der Waals surface area contributed by atoms with E-state index in [1.165, 1.54) is 55.3 Å². The van der Waals surface area contributed by atoms with Gasteiger partial charge in [0.1, 0.15) is 11.5 Å². The monoisotopic (exact) mass is 751 g/mol. The second kappa shape index (κ2) is 13.2. The van der Waals surface area contributed by atoms with Gasteiger partial charge in [-0.05, 0) is 91.7 Å². The quantitative estimate of drug-likeness (QED) is 0.168. The fourth-order valence-electron chi connectivity index (χ4n) is 9.98. The van der Waals surface area contributed by atoms with E-state index in [9.17, 15) is 0 Å². The smallest absolute Gasteiger partial charge is 0.142 e. The third-order valence-corrected chi connectivity index (χ3v) is 12.5. The molecule has 9 aromatic carbocycles. The number of nitrogens with zero attached hydrogens (tertiary/aromatic N) is 1. The Morgan fingerprint density at radius 3 is 1.53 bits per heavy atom. The minimum atomic E-state index is -0.563. The van der Waals surface area contributed by atoms with Crippen LogP contribution in [0.5, 0.6) is 0 Å². The number of benzene rings is 9.